The molecule has 2 aromatic rings. The van der Waals surface area contributed by atoms with Gasteiger partial charge in [-0.25, -0.2) is 13.4 Å². The number of fused-ring (bicyclic) bond motifs is 1. The molecular formula is C23H32IN3O2S. The van der Waals surface area contributed by atoms with Crippen molar-refractivity contribution in [1.82, 2.24) is 10.6 Å². The smallest absolute Gasteiger partial charge is 0.191 e. The van der Waals surface area contributed by atoms with Gasteiger partial charge in [0.15, 0.2) is 15.8 Å². The molecule has 0 saturated carbocycles. The number of halogens is 1. The summed E-state index contributed by atoms with van der Waals surface area (Å²) in [6.45, 7) is 6.03. The van der Waals surface area contributed by atoms with Crippen molar-refractivity contribution in [2.24, 2.45) is 4.99 Å². The second-order valence-corrected chi connectivity index (χ2v) is 9.72. The third-order valence-electron chi connectivity index (χ3n) is 5.41. The normalized spacial score (nSPS) is 16.4. The number of rotatable bonds is 6. The van der Waals surface area contributed by atoms with Crippen LogP contribution >= 0.6 is 24.0 Å². The molecule has 2 aromatic carbocycles. The molecule has 0 spiro atoms. The van der Waals surface area contributed by atoms with E-state index in [1.807, 2.05) is 19.1 Å². The van der Waals surface area contributed by atoms with Crippen LogP contribution in [0, 0.1) is 6.92 Å². The van der Waals surface area contributed by atoms with Gasteiger partial charge in [0, 0.05) is 25.3 Å². The van der Waals surface area contributed by atoms with Crippen LogP contribution in [-0.2, 0) is 22.8 Å². The van der Waals surface area contributed by atoms with Gasteiger partial charge in [0.25, 0.3) is 0 Å². The first kappa shape index (κ1) is 24.7. The zero-order valence-corrected chi connectivity index (χ0v) is 21.1. The first-order chi connectivity index (χ1) is 13.9. The molecule has 0 amide bonds. The van der Waals surface area contributed by atoms with E-state index in [4.69, 9.17) is 4.99 Å². The van der Waals surface area contributed by atoms with E-state index in [-0.39, 0.29) is 24.0 Å². The molecule has 30 heavy (non-hydrogen) atoms. The Morgan fingerprint density at radius 2 is 1.93 bits per heavy atom. The van der Waals surface area contributed by atoms with E-state index in [1.165, 1.54) is 36.6 Å². The van der Waals surface area contributed by atoms with Crippen molar-refractivity contribution in [2.75, 3.05) is 19.3 Å². The van der Waals surface area contributed by atoms with Crippen LogP contribution in [0.25, 0.3) is 0 Å². The van der Waals surface area contributed by atoms with Crippen LogP contribution in [0.5, 0.6) is 0 Å². The maximum absolute atomic E-state index is 11.8. The van der Waals surface area contributed by atoms with Crippen LogP contribution in [-0.4, -0.2) is 33.7 Å². The van der Waals surface area contributed by atoms with E-state index in [0.29, 0.717) is 17.4 Å². The second-order valence-electron chi connectivity index (χ2n) is 7.74. The Balaban J connectivity index is 0.00000320. The molecule has 2 N–H and O–H groups in total. The maximum Gasteiger partial charge on any atom is 0.191 e. The number of aryl methyl sites for hydroxylation is 2. The molecule has 7 heteroatoms. The average molecular weight is 541 g/mol. The van der Waals surface area contributed by atoms with E-state index in [9.17, 15) is 8.42 Å². The highest BCUT2D eigenvalue weighted by Gasteiger charge is 2.19. The third kappa shape index (κ3) is 6.44. The quantitative estimate of drug-likeness (QED) is 0.327. The van der Waals surface area contributed by atoms with Crippen molar-refractivity contribution in [3.05, 3.63) is 64.7 Å². The molecule has 1 aliphatic carbocycles. The Kier molecular flexibility index (Phi) is 9.15. The summed E-state index contributed by atoms with van der Waals surface area (Å²) in [5, 5.41) is 6.80. The minimum absolute atomic E-state index is 0. The minimum Gasteiger partial charge on any atom is -0.357 e. The molecule has 0 aliphatic heterocycles. The average Bonchev–Trinajstić information content (AvgIpc) is 2.69. The van der Waals surface area contributed by atoms with Crippen LogP contribution < -0.4 is 10.6 Å². The molecule has 0 bridgehead atoms. The van der Waals surface area contributed by atoms with Gasteiger partial charge in [0.1, 0.15) is 0 Å². The number of benzene rings is 2. The summed E-state index contributed by atoms with van der Waals surface area (Å²) in [6.07, 6.45) is 4.83. The van der Waals surface area contributed by atoms with Gasteiger partial charge in [0.2, 0.25) is 0 Å². The maximum atomic E-state index is 11.8. The van der Waals surface area contributed by atoms with E-state index in [2.05, 4.69) is 41.8 Å². The number of nitrogens with zero attached hydrogens (tertiary/aromatic N) is 1. The van der Waals surface area contributed by atoms with Gasteiger partial charge in [-0.1, -0.05) is 36.4 Å². The van der Waals surface area contributed by atoms with Gasteiger partial charge in [-0.3, -0.25) is 0 Å². The van der Waals surface area contributed by atoms with Crippen molar-refractivity contribution < 1.29 is 8.42 Å². The van der Waals surface area contributed by atoms with Gasteiger partial charge in [-0.2, -0.15) is 0 Å². The number of aliphatic imine (C=N–C) groups is 1. The first-order valence-corrected chi connectivity index (χ1v) is 12.2. The highest BCUT2D eigenvalue weighted by molar-refractivity contribution is 14.0. The van der Waals surface area contributed by atoms with Crippen molar-refractivity contribution >= 4 is 39.8 Å². The number of nitrogens with one attached hydrogen (secondary N) is 2. The zero-order valence-electron chi connectivity index (χ0n) is 17.9. The monoisotopic (exact) mass is 541 g/mol. The number of sulfone groups is 1. The predicted octanol–water partition coefficient (Wildman–Crippen LogP) is 4.19. The lowest BCUT2D eigenvalue weighted by Crippen LogP contribution is -2.39. The first-order valence-electron chi connectivity index (χ1n) is 10.3. The summed E-state index contributed by atoms with van der Waals surface area (Å²) in [4.78, 5) is 5.08. The molecule has 1 atom stereocenters. The van der Waals surface area contributed by atoms with Gasteiger partial charge in [-0.05, 0) is 61.4 Å². The second kappa shape index (κ2) is 11.1. The topological polar surface area (TPSA) is 70.6 Å². The Hall–Kier alpha value is -1.61. The molecule has 1 aliphatic rings. The molecule has 0 fully saturated rings. The Morgan fingerprint density at radius 1 is 1.17 bits per heavy atom. The fourth-order valence-corrected chi connectivity index (χ4v) is 4.98. The lowest BCUT2D eigenvalue weighted by molar-refractivity contribution is 0.539. The Labute approximate surface area is 197 Å². The van der Waals surface area contributed by atoms with E-state index in [0.717, 1.165) is 30.2 Å². The van der Waals surface area contributed by atoms with Gasteiger partial charge in [0.05, 0.1) is 11.4 Å². The largest absolute Gasteiger partial charge is 0.357 e. The minimum atomic E-state index is -3.20. The van der Waals surface area contributed by atoms with Crippen LogP contribution in [0.2, 0.25) is 0 Å². The number of hydrogen-bond donors (Lipinski definition) is 2. The Bertz CT molecular complexity index is 990. The lowest BCUT2D eigenvalue weighted by atomic mass is 9.83. The molecule has 1 unspecified atom stereocenters. The van der Waals surface area contributed by atoms with E-state index < -0.39 is 9.84 Å². The number of hydrogen-bond acceptors (Lipinski definition) is 3. The molecule has 3 rings (SSSR count). The molecule has 5 nitrogen and oxygen atoms in total. The van der Waals surface area contributed by atoms with Crippen molar-refractivity contribution in [1.29, 1.82) is 0 Å². The number of guanidine groups is 1. The van der Waals surface area contributed by atoms with Crippen LogP contribution in [0.15, 0.2) is 52.4 Å². The van der Waals surface area contributed by atoms with Crippen molar-refractivity contribution in [3.8, 4) is 0 Å². The summed E-state index contributed by atoms with van der Waals surface area (Å²) < 4.78 is 23.6. The zero-order chi connectivity index (χ0) is 20.9. The van der Waals surface area contributed by atoms with Gasteiger partial charge in [-0.15, -0.1) is 24.0 Å². The molecule has 164 valence electrons. The summed E-state index contributed by atoms with van der Waals surface area (Å²) in [6, 6.07) is 14.2. The summed E-state index contributed by atoms with van der Waals surface area (Å²) >= 11 is 0. The third-order valence-corrected chi connectivity index (χ3v) is 6.67. The molecule has 0 saturated heterocycles. The predicted molar refractivity (Wildman–Crippen MR) is 135 cm³/mol. The standard InChI is InChI=1S/C23H31N3O2S.HI/c1-4-24-23(25-15-18-12-13-22(17(2)14-18)29(3,27)28)26-16-20-10-7-9-19-8-5-6-11-21(19)20;/h5-6,8,11-14,20H,4,7,9-10,15-16H2,1-3H3,(H2,24,25,26);1H. The summed E-state index contributed by atoms with van der Waals surface area (Å²) in [5.41, 5.74) is 4.68. The van der Waals surface area contributed by atoms with Crippen LogP contribution in [0.4, 0.5) is 0 Å². The van der Waals surface area contributed by atoms with E-state index >= 15 is 0 Å². The van der Waals surface area contributed by atoms with Crippen molar-refractivity contribution in [2.45, 2.75) is 50.5 Å². The fraction of sp³-hybridized carbons (Fsp3) is 0.435. The summed E-state index contributed by atoms with van der Waals surface area (Å²) in [7, 11) is -3.20. The van der Waals surface area contributed by atoms with Gasteiger partial charge < -0.3 is 10.6 Å². The fourth-order valence-electron chi connectivity index (χ4n) is 4.02. The van der Waals surface area contributed by atoms with Crippen LogP contribution in [0.1, 0.15) is 47.9 Å². The van der Waals surface area contributed by atoms with Crippen molar-refractivity contribution in [3.63, 3.8) is 0 Å². The molecule has 0 aromatic heterocycles. The summed E-state index contributed by atoms with van der Waals surface area (Å²) in [5.74, 6) is 1.29. The lowest BCUT2D eigenvalue weighted by Gasteiger charge is -2.26. The van der Waals surface area contributed by atoms with E-state index in [1.54, 1.807) is 6.07 Å². The molecule has 0 radical (unpaired) electrons. The highest BCUT2D eigenvalue weighted by Crippen LogP contribution is 2.30. The molecular weight excluding hydrogens is 509 g/mol. The SMILES string of the molecule is CCNC(=NCc1ccc(S(C)(=O)=O)c(C)c1)NCC1CCCc2ccccc21.I. The Morgan fingerprint density at radius 3 is 2.63 bits per heavy atom. The molecule has 0 heterocycles. The van der Waals surface area contributed by atoms with Crippen LogP contribution in [0.3, 0.4) is 0 Å². The van der Waals surface area contributed by atoms with Gasteiger partial charge >= 0.3 is 0 Å². The highest BCUT2D eigenvalue weighted by atomic mass is 127.